The van der Waals surface area contributed by atoms with Crippen LogP contribution in [0.1, 0.15) is 69.8 Å². The standard InChI is InChI=1S/C29H28NO.2C27H24NO/c1-18(2)22-15-16-30(5)25(17-22)23-13-14-26-28(20(23)4)24-12-11-19(3)27(29(24)31-26)21-9-7-6-8-10-21;1-17-12-13-28(4)24(16-17)21-10-11-25-26(19(21)3)23-15-18(2)14-22(27(23)29-25)20-8-6-5-7-9-20;1-17-14-15-28(4)23(16-17)21-12-13-24-26(19(21)3)22-11-10-18(2)25(27(22)29-24)20-8-6-5-7-9-20/h6-18H,1-5H3;2*5-16H,1-4H3/q3*+1. The molecule has 0 aliphatic heterocycles. The van der Waals surface area contributed by atoms with Crippen molar-refractivity contribution in [2.24, 2.45) is 21.1 Å². The van der Waals surface area contributed by atoms with Gasteiger partial charge in [-0.1, -0.05) is 129 Å². The fourth-order valence-corrected chi connectivity index (χ4v) is 13.4. The summed E-state index contributed by atoms with van der Waals surface area (Å²) in [6, 6.07) is 71.1. The average molecular weight is 1160 g/mol. The average Bonchev–Trinajstić information content (AvgIpc) is 1.76. The van der Waals surface area contributed by atoms with Crippen LogP contribution in [0.3, 0.4) is 0 Å². The highest BCUT2D eigenvalue weighted by molar-refractivity contribution is 6.15. The Bertz CT molecular complexity index is 5210. The van der Waals surface area contributed by atoms with Gasteiger partial charge < -0.3 is 13.3 Å². The molecule has 6 aromatic heterocycles. The molecule has 0 radical (unpaired) electrons. The zero-order chi connectivity index (χ0) is 61.9. The van der Waals surface area contributed by atoms with Gasteiger partial charge in [-0.15, -0.1) is 0 Å². The van der Waals surface area contributed by atoms with Crippen LogP contribution in [-0.2, 0) is 21.1 Å². The van der Waals surface area contributed by atoms with Gasteiger partial charge in [0.1, 0.15) is 54.6 Å². The third-order valence-corrected chi connectivity index (χ3v) is 18.2. The van der Waals surface area contributed by atoms with Gasteiger partial charge in [-0.2, -0.15) is 0 Å². The second-order valence-corrected chi connectivity index (χ2v) is 24.7. The number of aryl methyl sites for hydroxylation is 11. The van der Waals surface area contributed by atoms with Gasteiger partial charge in [-0.3, -0.25) is 0 Å². The normalized spacial score (nSPS) is 11.5. The molecule has 6 heteroatoms. The van der Waals surface area contributed by atoms with Crippen LogP contribution in [-0.4, -0.2) is 0 Å². The number of hydrogen-bond donors (Lipinski definition) is 0. The topological polar surface area (TPSA) is 51.1 Å². The molecular weight excluding hydrogens is 1090 g/mol. The molecular formula is C83H76N3O3+3. The molecule has 0 saturated heterocycles. The van der Waals surface area contributed by atoms with Crippen LogP contribution in [0.2, 0.25) is 0 Å². The third kappa shape index (κ3) is 10.6. The molecule has 0 unspecified atom stereocenters. The van der Waals surface area contributed by atoms with E-state index in [1.165, 1.54) is 144 Å². The highest BCUT2D eigenvalue weighted by atomic mass is 16.3. The Morgan fingerprint density at radius 1 is 0.315 bits per heavy atom. The molecule has 9 aromatic carbocycles. The van der Waals surface area contributed by atoms with Crippen molar-refractivity contribution in [2.45, 2.75) is 75.2 Å². The van der Waals surface area contributed by atoms with E-state index in [1.54, 1.807) is 0 Å². The van der Waals surface area contributed by atoms with E-state index in [1.807, 2.05) is 6.07 Å². The van der Waals surface area contributed by atoms with Gasteiger partial charge in [0, 0.05) is 102 Å². The Hall–Kier alpha value is -10.2. The first-order valence-electron chi connectivity index (χ1n) is 31.0. The number of fused-ring (bicyclic) bond motifs is 9. The number of nitrogens with zero attached hydrogens (tertiary/aromatic N) is 3. The number of benzene rings is 9. The summed E-state index contributed by atoms with van der Waals surface area (Å²) in [6.45, 7) is 21.9. The largest absolute Gasteiger partial charge is 0.455 e. The van der Waals surface area contributed by atoms with Crippen molar-refractivity contribution in [3.05, 3.63) is 269 Å². The Balaban J connectivity index is 0.000000123. The third-order valence-electron chi connectivity index (χ3n) is 18.2. The first-order valence-corrected chi connectivity index (χ1v) is 31.0. The summed E-state index contributed by atoms with van der Waals surface area (Å²) in [7, 11) is 6.32. The molecule has 0 aliphatic rings. The van der Waals surface area contributed by atoms with Crippen LogP contribution in [0.5, 0.6) is 0 Å². The van der Waals surface area contributed by atoms with Crippen molar-refractivity contribution in [1.82, 2.24) is 0 Å². The molecule has 0 N–H and O–H groups in total. The van der Waals surface area contributed by atoms with Gasteiger partial charge in [-0.25, -0.2) is 13.7 Å². The summed E-state index contributed by atoms with van der Waals surface area (Å²) in [5, 5.41) is 7.17. The van der Waals surface area contributed by atoms with Gasteiger partial charge in [0.2, 0.25) is 17.1 Å². The summed E-state index contributed by atoms with van der Waals surface area (Å²) in [6.07, 6.45) is 6.41. The maximum absolute atomic E-state index is 6.48. The van der Waals surface area contributed by atoms with Crippen LogP contribution >= 0.6 is 0 Å². The van der Waals surface area contributed by atoms with Crippen molar-refractivity contribution < 1.29 is 27.0 Å². The van der Waals surface area contributed by atoms with Gasteiger partial charge in [0.25, 0.3) is 0 Å². The van der Waals surface area contributed by atoms with Crippen molar-refractivity contribution in [1.29, 1.82) is 0 Å². The second-order valence-electron chi connectivity index (χ2n) is 24.7. The van der Waals surface area contributed by atoms with Gasteiger partial charge >= 0.3 is 0 Å². The Labute approximate surface area is 522 Å². The number of pyridine rings is 3. The lowest BCUT2D eigenvalue weighted by atomic mass is 9.94. The van der Waals surface area contributed by atoms with Crippen LogP contribution in [0.4, 0.5) is 0 Å². The maximum atomic E-state index is 6.48. The van der Waals surface area contributed by atoms with Crippen LogP contribution in [0.25, 0.3) is 133 Å². The molecule has 0 amide bonds. The van der Waals surface area contributed by atoms with Gasteiger partial charge in [0.05, 0.1) is 0 Å². The Kier molecular flexibility index (Phi) is 15.3. The van der Waals surface area contributed by atoms with E-state index in [0.29, 0.717) is 5.92 Å². The van der Waals surface area contributed by atoms with Crippen LogP contribution < -0.4 is 13.7 Å². The molecule has 89 heavy (non-hydrogen) atoms. The fraction of sp³-hybridized carbons (Fsp3) is 0.169. The lowest BCUT2D eigenvalue weighted by molar-refractivity contribution is -0.660. The monoisotopic (exact) mass is 1160 g/mol. The van der Waals surface area contributed by atoms with Crippen molar-refractivity contribution >= 4 is 65.8 Å². The molecule has 15 rings (SSSR count). The molecule has 0 atom stereocenters. The van der Waals surface area contributed by atoms with E-state index in [-0.39, 0.29) is 0 Å². The predicted octanol–water partition coefficient (Wildman–Crippen LogP) is 20.8. The molecule has 0 saturated carbocycles. The first-order chi connectivity index (χ1) is 43.0. The van der Waals surface area contributed by atoms with Crippen molar-refractivity contribution in [3.8, 4) is 67.2 Å². The van der Waals surface area contributed by atoms with Crippen LogP contribution in [0, 0.1) is 55.4 Å². The minimum atomic E-state index is 0.496. The number of furan rings is 3. The smallest absolute Gasteiger partial charge is 0.212 e. The second kappa shape index (κ2) is 23.5. The number of rotatable bonds is 7. The zero-order valence-electron chi connectivity index (χ0n) is 53.4. The van der Waals surface area contributed by atoms with E-state index in [4.69, 9.17) is 13.3 Å². The molecule has 6 heterocycles. The van der Waals surface area contributed by atoms with E-state index in [2.05, 4.69) is 317 Å². The maximum Gasteiger partial charge on any atom is 0.212 e. The molecule has 0 aliphatic carbocycles. The van der Waals surface area contributed by atoms with Gasteiger partial charge in [-0.05, 0) is 177 Å². The zero-order valence-corrected chi connectivity index (χ0v) is 53.4. The minimum Gasteiger partial charge on any atom is -0.455 e. The Morgan fingerprint density at radius 3 is 1.12 bits per heavy atom. The van der Waals surface area contributed by atoms with E-state index >= 15 is 0 Å². The summed E-state index contributed by atoms with van der Waals surface area (Å²) < 4.78 is 25.9. The molecule has 6 nitrogen and oxygen atoms in total. The molecule has 438 valence electrons. The van der Waals surface area contributed by atoms with E-state index in [9.17, 15) is 0 Å². The molecule has 0 spiro atoms. The first kappa shape index (κ1) is 57.9. The SMILES string of the molecule is Cc1cc[n+](C)c(-c2ccc3oc4c(-c5ccccc5)c(C)ccc4c3c2C)c1.Cc1cc[n+](C)c(-c2ccc3oc4c(-c5ccccc5)cc(C)cc4c3c2C)c1.Cc1ccc2c(oc3ccc(-c4cc(C(C)C)cc[n+]4C)c(C)c32)c1-c1ccccc1. The summed E-state index contributed by atoms with van der Waals surface area (Å²) >= 11 is 0. The highest BCUT2D eigenvalue weighted by Crippen LogP contribution is 2.45. The summed E-state index contributed by atoms with van der Waals surface area (Å²) in [5.74, 6) is 0.496. The number of aromatic nitrogens is 3. The lowest BCUT2D eigenvalue weighted by Crippen LogP contribution is -2.30. The number of hydrogen-bond acceptors (Lipinski definition) is 3. The highest BCUT2D eigenvalue weighted by Gasteiger charge is 2.25. The minimum absolute atomic E-state index is 0.496. The fourth-order valence-electron chi connectivity index (χ4n) is 13.4. The van der Waals surface area contributed by atoms with Crippen molar-refractivity contribution in [2.75, 3.05) is 0 Å². The predicted molar refractivity (Wildman–Crippen MR) is 369 cm³/mol. The molecule has 0 bridgehead atoms. The summed E-state index contributed by atoms with van der Waals surface area (Å²) in [5.41, 5.74) is 31.6. The van der Waals surface area contributed by atoms with Gasteiger partial charge in [0.15, 0.2) is 18.6 Å². The Morgan fingerprint density at radius 2 is 0.697 bits per heavy atom. The van der Waals surface area contributed by atoms with E-state index in [0.717, 1.165) is 39.1 Å². The van der Waals surface area contributed by atoms with E-state index < -0.39 is 0 Å². The van der Waals surface area contributed by atoms with Crippen LogP contribution in [0.15, 0.2) is 232 Å². The molecule has 0 fully saturated rings. The quantitative estimate of drug-likeness (QED) is 0.149. The summed E-state index contributed by atoms with van der Waals surface area (Å²) in [4.78, 5) is 0. The lowest BCUT2D eigenvalue weighted by Gasteiger charge is -2.09. The van der Waals surface area contributed by atoms with Crippen molar-refractivity contribution in [3.63, 3.8) is 0 Å². The molecule has 15 aromatic rings.